The van der Waals surface area contributed by atoms with E-state index in [2.05, 4.69) is 15.7 Å². The molecule has 0 spiro atoms. The van der Waals surface area contributed by atoms with Crippen LogP contribution in [-0.2, 0) is 4.79 Å². The highest BCUT2D eigenvalue weighted by molar-refractivity contribution is 7.99. The van der Waals surface area contributed by atoms with Crippen molar-refractivity contribution in [3.05, 3.63) is 36.2 Å². The Kier molecular flexibility index (Phi) is 6.86. The molecule has 2 aromatic rings. The van der Waals surface area contributed by atoms with E-state index in [4.69, 9.17) is 4.98 Å². The maximum atomic E-state index is 11.9. The third kappa shape index (κ3) is 5.32. The van der Waals surface area contributed by atoms with Crippen molar-refractivity contribution in [1.29, 1.82) is 0 Å². The quantitative estimate of drug-likeness (QED) is 0.743. The molecular weight excluding hydrogens is 362 g/mol. The van der Waals surface area contributed by atoms with Gasteiger partial charge in [-0.2, -0.15) is 0 Å². The van der Waals surface area contributed by atoms with Gasteiger partial charge >= 0.3 is 6.03 Å². The molecule has 27 heavy (non-hydrogen) atoms. The fourth-order valence-electron chi connectivity index (χ4n) is 3.25. The Labute approximate surface area is 163 Å². The molecule has 1 fully saturated rings. The van der Waals surface area contributed by atoms with Gasteiger partial charge in [0.1, 0.15) is 5.82 Å². The third-order valence-electron chi connectivity index (χ3n) is 4.51. The summed E-state index contributed by atoms with van der Waals surface area (Å²) in [6, 6.07) is 9.48. The standard InChI is InChI=1S/C19H25N5O2S/c1-2-20-18(26)21-16(25)13-27-19-22-17(14-9-5-3-6-10-14)24(23-19)15-11-7-4-8-12-15/h4,7-8,11-12,14H,2-3,5-6,9-10,13H2,1H3,(H2,20,21,25,26). The summed E-state index contributed by atoms with van der Waals surface area (Å²) in [5.41, 5.74) is 0.976. The molecule has 0 saturated heterocycles. The van der Waals surface area contributed by atoms with Crippen LogP contribution in [0.25, 0.3) is 5.69 Å². The summed E-state index contributed by atoms with van der Waals surface area (Å²) >= 11 is 1.25. The molecule has 0 atom stereocenters. The molecule has 0 bridgehead atoms. The maximum absolute atomic E-state index is 11.9. The van der Waals surface area contributed by atoms with Gasteiger partial charge in [0, 0.05) is 12.5 Å². The summed E-state index contributed by atoms with van der Waals surface area (Å²) in [7, 11) is 0. The van der Waals surface area contributed by atoms with Crippen LogP contribution >= 0.6 is 11.8 Å². The Hall–Kier alpha value is -2.35. The largest absolute Gasteiger partial charge is 0.338 e. The molecule has 1 saturated carbocycles. The molecule has 0 aliphatic heterocycles. The van der Waals surface area contributed by atoms with Crippen molar-refractivity contribution in [3.63, 3.8) is 0 Å². The first kappa shape index (κ1) is 19.4. The zero-order valence-corrected chi connectivity index (χ0v) is 16.3. The van der Waals surface area contributed by atoms with E-state index in [0.717, 1.165) is 24.4 Å². The number of carbonyl (C=O) groups is 2. The van der Waals surface area contributed by atoms with E-state index in [1.807, 2.05) is 35.0 Å². The second kappa shape index (κ2) is 9.55. The molecule has 7 nitrogen and oxygen atoms in total. The molecule has 0 radical (unpaired) electrons. The number of rotatable bonds is 6. The number of nitrogens with one attached hydrogen (secondary N) is 2. The van der Waals surface area contributed by atoms with Crippen LogP contribution in [-0.4, -0.2) is 39.0 Å². The summed E-state index contributed by atoms with van der Waals surface area (Å²) in [4.78, 5) is 28.1. The van der Waals surface area contributed by atoms with Crippen LogP contribution in [0, 0.1) is 0 Å². The second-order valence-electron chi connectivity index (χ2n) is 6.53. The molecule has 1 aliphatic carbocycles. The van der Waals surface area contributed by atoms with E-state index < -0.39 is 6.03 Å². The number of carbonyl (C=O) groups excluding carboxylic acids is 2. The van der Waals surface area contributed by atoms with E-state index in [1.54, 1.807) is 6.92 Å². The molecule has 0 unspecified atom stereocenters. The maximum Gasteiger partial charge on any atom is 0.321 e. The first-order valence-corrected chi connectivity index (χ1v) is 10.4. The fraction of sp³-hybridized carbons (Fsp3) is 0.474. The van der Waals surface area contributed by atoms with Gasteiger partial charge in [-0.25, -0.2) is 14.5 Å². The van der Waals surface area contributed by atoms with Crippen molar-refractivity contribution in [1.82, 2.24) is 25.4 Å². The van der Waals surface area contributed by atoms with Gasteiger partial charge < -0.3 is 5.32 Å². The monoisotopic (exact) mass is 387 g/mol. The average Bonchev–Trinajstić information content (AvgIpc) is 3.12. The summed E-state index contributed by atoms with van der Waals surface area (Å²) in [5.74, 6) is 1.10. The van der Waals surface area contributed by atoms with Crippen LogP contribution in [0.2, 0.25) is 0 Å². The van der Waals surface area contributed by atoms with Gasteiger partial charge in [0.2, 0.25) is 11.1 Å². The number of urea groups is 1. The van der Waals surface area contributed by atoms with Gasteiger partial charge in [-0.3, -0.25) is 10.1 Å². The highest BCUT2D eigenvalue weighted by Crippen LogP contribution is 2.33. The molecule has 1 aromatic carbocycles. The number of aromatic nitrogens is 3. The average molecular weight is 388 g/mol. The van der Waals surface area contributed by atoms with Crippen LogP contribution in [0.5, 0.6) is 0 Å². The van der Waals surface area contributed by atoms with E-state index in [1.165, 1.54) is 31.0 Å². The lowest BCUT2D eigenvalue weighted by molar-refractivity contribution is -0.117. The van der Waals surface area contributed by atoms with E-state index in [0.29, 0.717) is 17.6 Å². The van der Waals surface area contributed by atoms with Crippen LogP contribution in [0.1, 0.15) is 50.8 Å². The van der Waals surface area contributed by atoms with Crippen molar-refractivity contribution < 1.29 is 9.59 Å². The Morgan fingerprint density at radius 1 is 1.19 bits per heavy atom. The minimum absolute atomic E-state index is 0.0973. The zero-order chi connectivity index (χ0) is 19.1. The summed E-state index contributed by atoms with van der Waals surface area (Å²) < 4.78 is 1.90. The van der Waals surface area contributed by atoms with E-state index in [9.17, 15) is 9.59 Å². The SMILES string of the molecule is CCNC(=O)NC(=O)CSc1nc(C2CCCCC2)n(-c2ccccc2)n1. The van der Waals surface area contributed by atoms with E-state index >= 15 is 0 Å². The number of benzene rings is 1. The Balaban J connectivity index is 1.73. The van der Waals surface area contributed by atoms with Crippen molar-refractivity contribution >= 4 is 23.7 Å². The molecule has 8 heteroatoms. The molecule has 1 heterocycles. The molecule has 3 rings (SSSR count). The Morgan fingerprint density at radius 3 is 2.63 bits per heavy atom. The molecule has 1 aromatic heterocycles. The van der Waals surface area contributed by atoms with Gasteiger partial charge in [-0.05, 0) is 31.9 Å². The van der Waals surface area contributed by atoms with Crippen LogP contribution in [0.15, 0.2) is 35.5 Å². The first-order chi connectivity index (χ1) is 13.2. The van der Waals surface area contributed by atoms with Crippen molar-refractivity contribution in [2.45, 2.75) is 50.1 Å². The highest BCUT2D eigenvalue weighted by atomic mass is 32.2. The van der Waals surface area contributed by atoms with Crippen molar-refractivity contribution in [3.8, 4) is 5.69 Å². The minimum atomic E-state index is -0.478. The van der Waals surface area contributed by atoms with Gasteiger partial charge in [0.25, 0.3) is 0 Å². The predicted octanol–water partition coefficient (Wildman–Crippen LogP) is 3.25. The van der Waals surface area contributed by atoms with Crippen LogP contribution in [0.4, 0.5) is 4.79 Å². The normalized spacial score (nSPS) is 14.7. The molecule has 144 valence electrons. The lowest BCUT2D eigenvalue weighted by Crippen LogP contribution is -2.40. The number of imide groups is 1. The molecule has 2 N–H and O–H groups in total. The second-order valence-corrected chi connectivity index (χ2v) is 7.47. The fourth-order valence-corrected chi connectivity index (χ4v) is 3.88. The highest BCUT2D eigenvalue weighted by Gasteiger charge is 2.23. The smallest absolute Gasteiger partial charge is 0.321 e. The van der Waals surface area contributed by atoms with Crippen LogP contribution < -0.4 is 10.6 Å². The van der Waals surface area contributed by atoms with E-state index in [-0.39, 0.29) is 11.7 Å². The summed E-state index contributed by atoms with van der Waals surface area (Å²) in [6.07, 6.45) is 5.94. The van der Waals surface area contributed by atoms with Crippen molar-refractivity contribution in [2.24, 2.45) is 0 Å². The minimum Gasteiger partial charge on any atom is -0.338 e. The lowest BCUT2D eigenvalue weighted by atomic mass is 9.88. The third-order valence-corrected chi connectivity index (χ3v) is 5.34. The van der Waals surface area contributed by atoms with Gasteiger partial charge in [0.15, 0.2) is 0 Å². The lowest BCUT2D eigenvalue weighted by Gasteiger charge is -2.21. The van der Waals surface area contributed by atoms with Crippen LogP contribution in [0.3, 0.4) is 0 Å². The van der Waals surface area contributed by atoms with Gasteiger partial charge in [0.05, 0.1) is 11.4 Å². The number of thioether (sulfide) groups is 1. The molecule has 3 amide bonds. The number of hydrogen-bond acceptors (Lipinski definition) is 5. The summed E-state index contributed by atoms with van der Waals surface area (Å²) in [5, 5.41) is 10.0. The Morgan fingerprint density at radius 2 is 1.93 bits per heavy atom. The molecule has 1 aliphatic rings. The van der Waals surface area contributed by atoms with Gasteiger partial charge in [-0.15, -0.1) is 5.10 Å². The van der Waals surface area contributed by atoms with Crippen molar-refractivity contribution in [2.75, 3.05) is 12.3 Å². The zero-order valence-electron chi connectivity index (χ0n) is 15.5. The Bertz CT molecular complexity index is 772. The first-order valence-electron chi connectivity index (χ1n) is 9.40. The van der Waals surface area contributed by atoms with Gasteiger partial charge in [-0.1, -0.05) is 49.2 Å². The topological polar surface area (TPSA) is 88.9 Å². The predicted molar refractivity (Wildman–Crippen MR) is 105 cm³/mol. The summed E-state index contributed by atoms with van der Waals surface area (Å²) in [6.45, 7) is 2.27. The number of hydrogen-bond donors (Lipinski definition) is 2. The number of nitrogens with zero attached hydrogens (tertiary/aromatic N) is 3. The number of amides is 3. The molecular formula is C19H25N5O2S. The number of para-hydroxylation sites is 1.